The highest BCUT2D eigenvalue weighted by Crippen LogP contribution is 2.45. The van der Waals surface area contributed by atoms with Crippen molar-refractivity contribution in [2.24, 2.45) is 0 Å². The molecule has 37 heavy (non-hydrogen) atoms. The molecule has 0 saturated carbocycles. The first kappa shape index (κ1) is 24.8. The summed E-state index contributed by atoms with van der Waals surface area (Å²) in [5.41, 5.74) is 6.39. The van der Waals surface area contributed by atoms with Gasteiger partial charge in [0.1, 0.15) is 34.8 Å². The molecule has 4 heterocycles. The van der Waals surface area contributed by atoms with Crippen LogP contribution in [0.3, 0.4) is 0 Å². The van der Waals surface area contributed by atoms with E-state index in [1.54, 1.807) is 25.1 Å². The smallest absolute Gasteiger partial charge is 0.383 e. The monoisotopic (exact) mass is 524 g/mol. The number of pyridine rings is 1. The fraction of sp³-hybridized carbons (Fsp3) is 0.292. The van der Waals surface area contributed by atoms with Crippen molar-refractivity contribution in [2.45, 2.75) is 37.3 Å². The lowest BCUT2D eigenvalue weighted by Gasteiger charge is -2.25. The lowest BCUT2D eigenvalue weighted by molar-refractivity contribution is -0.284. The molecule has 1 atom stereocenters. The lowest BCUT2D eigenvalue weighted by Crippen LogP contribution is -2.36. The van der Waals surface area contributed by atoms with Crippen molar-refractivity contribution in [1.29, 1.82) is 0 Å². The number of fused-ring (bicyclic) bond motifs is 2. The molecule has 0 amide bonds. The molecule has 1 aromatic carbocycles. The van der Waals surface area contributed by atoms with Crippen LogP contribution < -0.4 is 11.1 Å². The number of imidazole rings is 1. The Morgan fingerprint density at radius 3 is 2.46 bits per heavy atom. The molecule has 3 N–H and O–H groups in total. The van der Waals surface area contributed by atoms with Gasteiger partial charge in [-0.3, -0.25) is 0 Å². The van der Waals surface area contributed by atoms with Gasteiger partial charge in [-0.1, -0.05) is 18.2 Å². The van der Waals surface area contributed by atoms with E-state index in [1.165, 1.54) is 12.1 Å². The molecule has 0 bridgehead atoms. The van der Waals surface area contributed by atoms with Crippen molar-refractivity contribution in [3.63, 3.8) is 0 Å². The maximum atomic E-state index is 14.6. The average Bonchev–Trinajstić information content (AvgIpc) is 3.35. The topological polar surface area (TPSA) is 81.1 Å². The summed E-state index contributed by atoms with van der Waals surface area (Å²) in [6.07, 6.45) is -7.19. The number of benzene rings is 1. The van der Waals surface area contributed by atoms with Crippen LogP contribution in [0.4, 0.5) is 42.4 Å². The Kier molecular flexibility index (Phi) is 5.57. The predicted molar refractivity (Wildman–Crippen MR) is 121 cm³/mol. The van der Waals surface area contributed by atoms with Gasteiger partial charge in [-0.25, -0.2) is 23.7 Å². The Bertz CT molecular complexity index is 1510. The molecule has 3 aromatic heterocycles. The third-order valence-electron chi connectivity index (χ3n) is 6.53. The molecule has 6 nitrogen and oxygen atoms in total. The van der Waals surface area contributed by atoms with Gasteiger partial charge in [0.25, 0.3) is 0 Å². The van der Waals surface area contributed by atoms with E-state index < -0.39 is 42.0 Å². The van der Waals surface area contributed by atoms with E-state index >= 15 is 0 Å². The number of halogens is 7. The second-order valence-electron chi connectivity index (χ2n) is 9.00. The number of aromatic nitrogens is 4. The van der Waals surface area contributed by atoms with Gasteiger partial charge in [0.05, 0.1) is 5.52 Å². The SMILES string of the molecule is CC1(c2ccccc2F)CNc2nc(-c3nc(CCC(F)(F)C(F)(F)F)n4cc(F)ccc34)nc(N)c21. The van der Waals surface area contributed by atoms with Crippen LogP contribution in [-0.4, -0.2) is 38.0 Å². The Labute approximate surface area is 205 Å². The molecule has 194 valence electrons. The minimum Gasteiger partial charge on any atom is -0.383 e. The number of alkyl halides is 5. The number of nitrogen functional groups attached to an aromatic ring is 1. The van der Waals surface area contributed by atoms with Gasteiger partial charge in [-0.15, -0.1) is 0 Å². The molecule has 1 aliphatic rings. The van der Waals surface area contributed by atoms with Crippen LogP contribution in [0.2, 0.25) is 0 Å². The van der Waals surface area contributed by atoms with Crippen LogP contribution in [0.25, 0.3) is 17.0 Å². The van der Waals surface area contributed by atoms with E-state index in [1.807, 2.05) is 0 Å². The van der Waals surface area contributed by atoms with Gasteiger partial charge in [0, 0.05) is 42.1 Å². The van der Waals surface area contributed by atoms with E-state index in [0.717, 1.165) is 16.7 Å². The third kappa shape index (κ3) is 4.02. The summed E-state index contributed by atoms with van der Waals surface area (Å²) in [6.45, 7) is 2.02. The average molecular weight is 524 g/mol. The van der Waals surface area contributed by atoms with Crippen LogP contribution in [0.1, 0.15) is 30.3 Å². The number of rotatable bonds is 5. The zero-order chi connectivity index (χ0) is 26.8. The second-order valence-corrected chi connectivity index (χ2v) is 9.00. The van der Waals surface area contributed by atoms with E-state index in [2.05, 4.69) is 20.3 Å². The van der Waals surface area contributed by atoms with Gasteiger partial charge in [-0.2, -0.15) is 22.0 Å². The van der Waals surface area contributed by atoms with Crippen molar-refractivity contribution in [3.05, 3.63) is 71.2 Å². The summed E-state index contributed by atoms with van der Waals surface area (Å²) in [5, 5.41) is 3.08. The molecular formula is C24H19F7N6. The maximum absolute atomic E-state index is 14.6. The van der Waals surface area contributed by atoms with Crippen LogP contribution in [0.15, 0.2) is 42.6 Å². The number of hydrogen-bond donors (Lipinski definition) is 2. The first-order chi connectivity index (χ1) is 17.3. The van der Waals surface area contributed by atoms with E-state index in [4.69, 9.17) is 5.73 Å². The van der Waals surface area contributed by atoms with Crippen molar-refractivity contribution < 1.29 is 30.7 Å². The van der Waals surface area contributed by atoms with E-state index in [0.29, 0.717) is 16.9 Å². The van der Waals surface area contributed by atoms with Crippen molar-refractivity contribution in [1.82, 2.24) is 19.4 Å². The molecule has 13 heteroatoms. The molecule has 0 fully saturated rings. The molecule has 0 radical (unpaired) electrons. The number of nitrogens with one attached hydrogen (secondary N) is 1. The molecule has 4 aromatic rings. The second kappa shape index (κ2) is 8.32. The number of hydrogen-bond acceptors (Lipinski definition) is 5. The fourth-order valence-corrected chi connectivity index (χ4v) is 4.62. The van der Waals surface area contributed by atoms with E-state index in [9.17, 15) is 30.7 Å². The van der Waals surface area contributed by atoms with Crippen molar-refractivity contribution in [2.75, 3.05) is 17.6 Å². The first-order valence-electron chi connectivity index (χ1n) is 11.1. The Balaban J connectivity index is 1.59. The molecule has 0 spiro atoms. The highest BCUT2D eigenvalue weighted by Gasteiger charge is 2.56. The molecular weight excluding hydrogens is 505 g/mol. The van der Waals surface area contributed by atoms with Gasteiger partial charge in [-0.05, 0) is 25.1 Å². The van der Waals surface area contributed by atoms with Gasteiger partial charge in [0.2, 0.25) is 0 Å². The molecule has 1 unspecified atom stereocenters. The van der Waals surface area contributed by atoms with Crippen molar-refractivity contribution >= 4 is 17.2 Å². The molecule has 1 aliphatic heterocycles. The van der Waals surface area contributed by atoms with Crippen molar-refractivity contribution in [3.8, 4) is 11.5 Å². The highest BCUT2D eigenvalue weighted by atomic mass is 19.4. The van der Waals surface area contributed by atoms with Gasteiger partial charge in [0.15, 0.2) is 5.82 Å². The lowest BCUT2D eigenvalue weighted by atomic mass is 9.78. The number of nitrogens with two attached hydrogens (primary N) is 1. The molecule has 5 rings (SSSR count). The van der Waals surface area contributed by atoms with Gasteiger partial charge >= 0.3 is 12.1 Å². The number of nitrogens with zero attached hydrogens (tertiary/aromatic N) is 4. The molecule has 0 aliphatic carbocycles. The number of anilines is 2. The summed E-state index contributed by atoms with van der Waals surface area (Å²) >= 11 is 0. The van der Waals surface area contributed by atoms with Crippen LogP contribution in [-0.2, 0) is 11.8 Å². The standard InChI is InChI=1S/C24H19F7N6/c1-22(13-4-2-3-5-14(13)26)11-33-20-17(22)19(32)35-21(36-20)18-15-7-6-12(25)10-37(15)16(34-18)8-9-23(27,28)24(29,30)31/h2-7,10H,8-9,11H2,1H3,(H3,32,33,35,36). The highest BCUT2D eigenvalue weighted by molar-refractivity contribution is 5.77. The summed E-state index contributed by atoms with van der Waals surface area (Å²) in [6, 6.07) is 8.56. The van der Waals surface area contributed by atoms with E-state index in [-0.39, 0.29) is 35.2 Å². The van der Waals surface area contributed by atoms with Crippen LogP contribution in [0.5, 0.6) is 0 Å². The zero-order valence-electron chi connectivity index (χ0n) is 19.2. The Hall–Kier alpha value is -3.90. The summed E-state index contributed by atoms with van der Waals surface area (Å²) in [5.74, 6) is -6.14. The van der Waals surface area contributed by atoms with Crippen LogP contribution in [0, 0.1) is 11.6 Å². The molecule has 0 saturated heterocycles. The summed E-state index contributed by atoms with van der Waals surface area (Å²) < 4.78 is 94.8. The maximum Gasteiger partial charge on any atom is 0.453 e. The third-order valence-corrected chi connectivity index (χ3v) is 6.53. The quantitative estimate of drug-likeness (QED) is 0.337. The number of aryl methyl sites for hydroxylation is 1. The minimum atomic E-state index is -5.73. The van der Waals surface area contributed by atoms with Crippen LogP contribution >= 0.6 is 0 Å². The first-order valence-corrected chi connectivity index (χ1v) is 11.1. The summed E-state index contributed by atoms with van der Waals surface area (Å²) in [4.78, 5) is 12.9. The Morgan fingerprint density at radius 2 is 1.76 bits per heavy atom. The zero-order valence-corrected chi connectivity index (χ0v) is 19.2. The minimum absolute atomic E-state index is 0.00386. The normalized spacial score (nSPS) is 17.7. The Morgan fingerprint density at radius 1 is 1.03 bits per heavy atom. The predicted octanol–water partition coefficient (Wildman–Crippen LogP) is 5.51. The summed E-state index contributed by atoms with van der Waals surface area (Å²) in [7, 11) is 0. The fourth-order valence-electron chi connectivity index (χ4n) is 4.62. The van der Waals surface area contributed by atoms with Gasteiger partial charge < -0.3 is 15.5 Å². The largest absolute Gasteiger partial charge is 0.453 e.